The van der Waals surface area contributed by atoms with Crippen LogP contribution in [-0.2, 0) is 0 Å². The van der Waals surface area contributed by atoms with E-state index in [1.165, 1.54) is 11.8 Å². The van der Waals surface area contributed by atoms with Gasteiger partial charge in [-0.05, 0) is 47.1 Å². The van der Waals surface area contributed by atoms with Gasteiger partial charge in [-0.15, -0.1) is 10.2 Å². The van der Waals surface area contributed by atoms with Gasteiger partial charge in [0.05, 0.1) is 10.8 Å². The molecule has 0 bridgehead atoms. The molecule has 4 nitrogen and oxygen atoms in total. The Kier molecular flexibility index (Phi) is 5.38. The fraction of sp³-hybridized carbons (Fsp3) is 0.118. The number of hydrogen-bond donors (Lipinski definition) is 0. The third kappa shape index (κ3) is 3.88. The highest BCUT2D eigenvalue weighted by Crippen LogP contribution is 2.31. The molecule has 3 rings (SSSR count). The summed E-state index contributed by atoms with van der Waals surface area (Å²) in [6.45, 7) is 1.80. The quantitative estimate of drug-likeness (QED) is 0.400. The van der Waals surface area contributed by atoms with Crippen LogP contribution < -0.4 is 0 Å². The van der Waals surface area contributed by atoms with Crippen molar-refractivity contribution in [3.63, 3.8) is 0 Å². The van der Waals surface area contributed by atoms with E-state index in [0.717, 1.165) is 10.0 Å². The minimum Gasteiger partial charge on any atom is -0.411 e. The smallest absolute Gasteiger partial charge is 0.277 e. The van der Waals surface area contributed by atoms with Gasteiger partial charge in [0.2, 0.25) is 5.89 Å². The zero-order valence-electron chi connectivity index (χ0n) is 12.6. The van der Waals surface area contributed by atoms with Crippen molar-refractivity contribution in [2.75, 3.05) is 0 Å². The summed E-state index contributed by atoms with van der Waals surface area (Å²) in [5.74, 6) is 0.371. The van der Waals surface area contributed by atoms with E-state index in [0.29, 0.717) is 21.7 Å². The van der Waals surface area contributed by atoms with Crippen molar-refractivity contribution in [2.24, 2.45) is 0 Å². The van der Waals surface area contributed by atoms with E-state index in [1.54, 1.807) is 31.2 Å². The molecule has 0 unspecified atom stereocenters. The van der Waals surface area contributed by atoms with Crippen LogP contribution in [0.3, 0.4) is 0 Å². The van der Waals surface area contributed by atoms with Crippen molar-refractivity contribution in [2.45, 2.75) is 17.4 Å². The van der Waals surface area contributed by atoms with Gasteiger partial charge in [0, 0.05) is 15.1 Å². The molecule has 1 aromatic heterocycles. The Hall–Kier alpha value is -1.63. The third-order valence-electron chi connectivity index (χ3n) is 3.27. The van der Waals surface area contributed by atoms with Crippen LogP contribution in [0.5, 0.6) is 0 Å². The maximum Gasteiger partial charge on any atom is 0.277 e. The van der Waals surface area contributed by atoms with Gasteiger partial charge in [-0.3, -0.25) is 4.79 Å². The molecule has 24 heavy (non-hydrogen) atoms. The molecule has 0 spiro atoms. The first-order valence-electron chi connectivity index (χ1n) is 7.09. The summed E-state index contributed by atoms with van der Waals surface area (Å²) in [4.78, 5) is 12.5. The normalized spacial score (nSPS) is 12.1. The second kappa shape index (κ2) is 7.51. The van der Waals surface area contributed by atoms with Crippen LogP contribution in [0.1, 0.15) is 17.3 Å². The number of hydrogen-bond acceptors (Lipinski definition) is 5. The lowest BCUT2D eigenvalue weighted by Gasteiger charge is -2.07. The molecule has 2 aromatic carbocycles. The first-order chi connectivity index (χ1) is 11.5. The minimum absolute atomic E-state index is 0.0388. The van der Waals surface area contributed by atoms with E-state index in [4.69, 9.17) is 16.0 Å². The number of carbonyl (C=O) groups is 1. The topological polar surface area (TPSA) is 56.0 Å². The van der Waals surface area contributed by atoms with Gasteiger partial charge in [-0.25, -0.2) is 0 Å². The number of nitrogens with zero attached hydrogens (tertiary/aromatic N) is 2. The Morgan fingerprint density at radius 1 is 1.21 bits per heavy atom. The number of aromatic nitrogens is 2. The van der Waals surface area contributed by atoms with Gasteiger partial charge >= 0.3 is 0 Å². The molecule has 0 aliphatic heterocycles. The predicted octanol–water partition coefficient (Wildman–Crippen LogP) is 5.52. The molecule has 0 saturated carbocycles. The first-order valence-corrected chi connectivity index (χ1v) is 9.14. The summed E-state index contributed by atoms with van der Waals surface area (Å²) in [6, 6.07) is 14.5. The summed E-state index contributed by atoms with van der Waals surface area (Å²) in [5.41, 5.74) is 1.37. The van der Waals surface area contributed by atoms with E-state index in [9.17, 15) is 4.79 Å². The Balaban J connectivity index is 1.75. The second-order valence-corrected chi connectivity index (χ2v) is 7.57. The molecule has 0 saturated heterocycles. The molecule has 1 atom stereocenters. The Labute approximate surface area is 156 Å². The molecule has 0 fully saturated rings. The monoisotopic (exact) mass is 422 g/mol. The lowest BCUT2D eigenvalue weighted by Crippen LogP contribution is -2.13. The molecule has 122 valence electrons. The number of rotatable bonds is 5. The van der Waals surface area contributed by atoms with Gasteiger partial charge in [0.1, 0.15) is 0 Å². The van der Waals surface area contributed by atoms with Crippen molar-refractivity contribution >= 4 is 45.1 Å². The lowest BCUT2D eigenvalue weighted by atomic mass is 10.1. The number of halogens is 2. The van der Waals surface area contributed by atoms with Crippen molar-refractivity contribution in [1.82, 2.24) is 10.2 Å². The summed E-state index contributed by atoms with van der Waals surface area (Å²) in [7, 11) is 0. The van der Waals surface area contributed by atoms with E-state index >= 15 is 0 Å². The minimum atomic E-state index is -0.365. The molecule has 0 aliphatic rings. The molecule has 0 N–H and O–H groups in total. The SMILES string of the molecule is C[C@@H](Sc1nnc(-c2ccccc2Br)o1)C(=O)c1cccc(Cl)c1. The number of thioether (sulfide) groups is 1. The van der Waals surface area contributed by atoms with Crippen molar-refractivity contribution in [1.29, 1.82) is 0 Å². The van der Waals surface area contributed by atoms with Gasteiger partial charge in [0.25, 0.3) is 5.22 Å². The van der Waals surface area contributed by atoms with Gasteiger partial charge in [-0.2, -0.15) is 0 Å². The molecular formula is C17H12BrClN2O2S. The zero-order chi connectivity index (χ0) is 17.1. The van der Waals surface area contributed by atoms with Crippen molar-refractivity contribution < 1.29 is 9.21 Å². The highest BCUT2D eigenvalue weighted by atomic mass is 79.9. The predicted molar refractivity (Wildman–Crippen MR) is 98.5 cm³/mol. The number of benzene rings is 2. The summed E-state index contributed by atoms with van der Waals surface area (Å²) in [5, 5.41) is 8.58. The standard InChI is InChI=1S/C17H12BrClN2O2S/c1-10(15(22)11-5-4-6-12(19)9-11)24-17-21-20-16(23-17)13-7-2-3-8-14(13)18/h2-10H,1H3/t10-/m1/s1. The van der Waals surface area contributed by atoms with Gasteiger partial charge in [-0.1, -0.05) is 47.6 Å². The van der Waals surface area contributed by atoms with Crippen molar-refractivity contribution in [3.05, 3.63) is 63.6 Å². The van der Waals surface area contributed by atoms with Crippen LogP contribution in [-0.4, -0.2) is 21.2 Å². The van der Waals surface area contributed by atoms with Gasteiger partial charge < -0.3 is 4.42 Å². The Bertz CT molecular complexity index is 884. The largest absolute Gasteiger partial charge is 0.411 e. The van der Waals surface area contributed by atoms with E-state index < -0.39 is 0 Å². The van der Waals surface area contributed by atoms with Crippen LogP contribution in [0.15, 0.2) is 62.6 Å². The molecule has 0 radical (unpaired) electrons. The highest BCUT2D eigenvalue weighted by molar-refractivity contribution is 9.10. The molecule has 0 amide bonds. The van der Waals surface area contributed by atoms with Crippen LogP contribution in [0, 0.1) is 0 Å². The second-order valence-electron chi connectivity index (χ2n) is 4.99. The molecule has 3 aromatic rings. The maximum atomic E-state index is 12.5. The fourth-order valence-corrected chi connectivity index (χ4v) is 3.49. The number of carbonyl (C=O) groups excluding carboxylic acids is 1. The fourth-order valence-electron chi connectivity index (χ4n) is 2.08. The van der Waals surface area contributed by atoms with Crippen LogP contribution in [0.4, 0.5) is 0 Å². The molecule has 1 heterocycles. The Morgan fingerprint density at radius 3 is 2.75 bits per heavy atom. The van der Waals surface area contributed by atoms with E-state index in [2.05, 4.69) is 26.1 Å². The van der Waals surface area contributed by atoms with Gasteiger partial charge in [0.15, 0.2) is 5.78 Å². The van der Waals surface area contributed by atoms with E-state index in [-0.39, 0.29) is 11.0 Å². The summed E-state index contributed by atoms with van der Waals surface area (Å²) >= 11 is 10.6. The van der Waals surface area contributed by atoms with E-state index in [1.807, 2.05) is 24.3 Å². The average molecular weight is 424 g/mol. The molecular weight excluding hydrogens is 412 g/mol. The van der Waals surface area contributed by atoms with Crippen LogP contribution in [0.2, 0.25) is 5.02 Å². The lowest BCUT2D eigenvalue weighted by molar-refractivity contribution is 0.0993. The number of ketones is 1. The molecule has 7 heteroatoms. The summed E-state index contributed by atoms with van der Waals surface area (Å²) in [6.07, 6.45) is 0. The van der Waals surface area contributed by atoms with Crippen molar-refractivity contribution in [3.8, 4) is 11.5 Å². The Morgan fingerprint density at radius 2 is 2.00 bits per heavy atom. The van der Waals surface area contributed by atoms with Crippen LogP contribution in [0.25, 0.3) is 11.5 Å². The third-order valence-corrected chi connectivity index (χ3v) is 5.13. The first kappa shape index (κ1) is 17.2. The maximum absolute atomic E-state index is 12.5. The highest BCUT2D eigenvalue weighted by Gasteiger charge is 2.20. The zero-order valence-corrected chi connectivity index (χ0v) is 15.7. The van der Waals surface area contributed by atoms with Crippen LogP contribution >= 0.6 is 39.3 Å². The average Bonchev–Trinajstić information content (AvgIpc) is 3.02. The summed E-state index contributed by atoms with van der Waals surface area (Å²) < 4.78 is 6.53. The molecule has 0 aliphatic carbocycles. The number of Topliss-reactive ketones (excluding diaryl/α,β-unsaturated/α-hetero) is 1.